The molecule has 0 fully saturated rings. The number of para-hydroxylation sites is 1. The van der Waals surface area contributed by atoms with Gasteiger partial charge in [-0.05, 0) is 35.7 Å². The van der Waals surface area contributed by atoms with Crippen LogP contribution < -0.4 is 16.0 Å². The Bertz CT molecular complexity index is 877. The monoisotopic (exact) mass is 363 g/mol. The van der Waals surface area contributed by atoms with Gasteiger partial charge in [-0.2, -0.15) is 0 Å². The van der Waals surface area contributed by atoms with Crippen molar-refractivity contribution < 1.29 is 14.0 Å². The molecule has 6 heteroatoms. The Balaban J connectivity index is 1.49. The van der Waals surface area contributed by atoms with Gasteiger partial charge in [0.05, 0.1) is 19.4 Å². The van der Waals surface area contributed by atoms with Crippen LogP contribution in [0.1, 0.15) is 16.9 Å². The summed E-state index contributed by atoms with van der Waals surface area (Å²) in [4.78, 5) is 23.9. The fourth-order valence-electron chi connectivity index (χ4n) is 2.60. The smallest absolute Gasteiger partial charge is 0.319 e. The van der Waals surface area contributed by atoms with Crippen molar-refractivity contribution in [1.29, 1.82) is 0 Å². The number of carbonyl (C=O) groups is 2. The highest BCUT2D eigenvalue weighted by molar-refractivity contribution is 5.92. The molecule has 1 aromatic heterocycles. The van der Waals surface area contributed by atoms with E-state index in [1.807, 2.05) is 54.6 Å². The van der Waals surface area contributed by atoms with E-state index < -0.39 is 6.03 Å². The van der Waals surface area contributed by atoms with E-state index in [2.05, 4.69) is 16.0 Å². The Kier molecular flexibility index (Phi) is 6.25. The molecule has 3 rings (SSSR count). The molecule has 0 saturated carbocycles. The minimum absolute atomic E-state index is 0.118. The Hall–Kier alpha value is -3.54. The fourth-order valence-corrected chi connectivity index (χ4v) is 2.60. The maximum Gasteiger partial charge on any atom is 0.319 e. The molecule has 0 radical (unpaired) electrons. The van der Waals surface area contributed by atoms with Crippen LogP contribution in [0.5, 0.6) is 0 Å². The maximum atomic E-state index is 12.1. The molecule has 138 valence electrons. The highest BCUT2D eigenvalue weighted by Crippen LogP contribution is 2.18. The van der Waals surface area contributed by atoms with Crippen molar-refractivity contribution in [2.75, 3.05) is 11.9 Å². The first-order valence-corrected chi connectivity index (χ1v) is 8.66. The summed E-state index contributed by atoms with van der Waals surface area (Å²) >= 11 is 0. The highest BCUT2D eigenvalue weighted by atomic mass is 16.3. The summed E-state index contributed by atoms with van der Waals surface area (Å²) in [5.41, 5.74) is 2.88. The molecule has 3 aromatic rings. The van der Waals surface area contributed by atoms with Crippen LogP contribution in [0.3, 0.4) is 0 Å². The summed E-state index contributed by atoms with van der Waals surface area (Å²) in [6.07, 6.45) is 2.25. The average Bonchev–Trinajstić information content (AvgIpc) is 3.21. The molecular weight excluding hydrogens is 342 g/mol. The second kappa shape index (κ2) is 9.24. The van der Waals surface area contributed by atoms with Gasteiger partial charge in [-0.3, -0.25) is 4.79 Å². The lowest BCUT2D eigenvalue weighted by molar-refractivity contribution is -0.120. The largest absolute Gasteiger partial charge is 0.467 e. The van der Waals surface area contributed by atoms with Gasteiger partial charge < -0.3 is 20.4 Å². The summed E-state index contributed by atoms with van der Waals surface area (Å²) < 4.78 is 5.14. The second-order valence-electron chi connectivity index (χ2n) is 5.98. The zero-order chi connectivity index (χ0) is 18.9. The number of urea groups is 1. The number of rotatable bonds is 7. The number of amides is 3. The van der Waals surface area contributed by atoms with Gasteiger partial charge in [-0.25, -0.2) is 4.79 Å². The summed E-state index contributed by atoms with van der Waals surface area (Å²) in [5, 5.41) is 8.04. The van der Waals surface area contributed by atoms with Crippen molar-refractivity contribution >= 4 is 17.6 Å². The molecule has 6 nitrogen and oxygen atoms in total. The van der Waals surface area contributed by atoms with Gasteiger partial charge in [0.15, 0.2) is 0 Å². The molecule has 0 saturated heterocycles. The highest BCUT2D eigenvalue weighted by Gasteiger charge is 2.09. The standard InChI is InChI=1S/C21H21N3O3/c25-20(22-14-18-10-6-12-27-18)15-23-21(26)24-19-11-5-4-9-17(19)13-16-7-2-1-3-8-16/h1-12H,13-15H2,(H,22,25)(H2,23,24,26). The van der Waals surface area contributed by atoms with E-state index in [1.165, 1.54) is 0 Å². The van der Waals surface area contributed by atoms with E-state index in [0.717, 1.165) is 16.8 Å². The second-order valence-corrected chi connectivity index (χ2v) is 5.98. The van der Waals surface area contributed by atoms with Crippen LogP contribution in [-0.4, -0.2) is 18.5 Å². The van der Waals surface area contributed by atoms with Crippen LogP contribution in [0.25, 0.3) is 0 Å². The zero-order valence-corrected chi connectivity index (χ0v) is 14.8. The first-order valence-electron chi connectivity index (χ1n) is 8.66. The van der Waals surface area contributed by atoms with Gasteiger partial charge in [-0.15, -0.1) is 0 Å². The molecule has 0 unspecified atom stereocenters. The van der Waals surface area contributed by atoms with E-state index in [9.17, 15) is 9.59 Å². The Morgan fingerprint density at radius 3 is 2.41 bits per heavy atom. The topological polar surface area (TPSA) is 83.4 Å². The van der Waals surface area contributed by atoms with Crippen LogP contribution in [0.4, 0.5) is 10.5 Å². The van der Waals surface area contributed by atoms with Crippen molar-refractivity contribution in [3.63, 3.8) is 0 Å². The van der Waals surface area contributed by atoms with Crippen molar-refractivity contribution in [3.05, 3.63) is 89.9 Å². The van der Waals surface area contributed by atoms with E-state index in [1.54, 1.807) is 18.4 Å². The summed E-state index contributed by atoms with van der Waals surface area (Å²) in [5.74, 6) is 0.363. The Labute approximate surface area is 157 Å². The third-order valence-corrected chi connectivity index (χ3v) is 3.95. The normalized spacial score (nSPS) is 10.2. The third kappa shape index (κ3) is 5.74. The molecule has 0 spiro atoms. The number of benzene rings is 2. The molecule has 0 aliphatic carbocycles. The fraction of sp³-hybridized carbons (Fsp3) is 0.143. The van der Waals surface area contributed by atoms with Gasteiger partial charge in [0.1, 0.15) is 5.76 Å². The molecule has 27 heavy (non-hydrogen) atoms. The Morgan fingerprint density at radius 2 is 1.63 bits per heavy atom. The van der Waals surface area contributed by atoms with Crippen LogP contribution in [0, 0.1) is 0 Å². The van der Waals surface area contributed by atoms with Gasteiger partial charge in [0, 0.05) is 5.69 Å². The molecule has 0 aliphatic rings. The molecule has 1 heterocycles. The molecule has 3 N–H and O–H groups in total. The van der Waals surface area contributed by atoms with Gasteiger partial charge in [0.25, 0.3) is 0 Å². The van der Waals surface area contributed by atoms with Crippen molar-refractivity contribution in [2.24, 2.45) is 0 Å². The number of nitrogens with one attached hydrogen (secondary N) is 3. The van der Waals surface area contributed by atoms with E-state index in [-0.39, 0.29) is 19.0 Å². The lowest BCUT2D eigenvalue weighted by Crippen LogP contribution is -2.38. The first kappa shape index (κ1) is 18.3. The van der Waals surface area contributed by atoms with Crippen LogP contribution in [0.2, 0.25) is 0 Å². The number of carbonyl (C=O) groups excluding carboxylic acids is 2. The van der Waals surface area contributed by atoms with Crippen molar-refractivity contribution in [1.82, 2.24) is 10.6 Å². The predicted octanol–water partition coefficient (Wildman–Crippen LogP) is 3.31. The van der Waals surface area contributed by atoms with Gasteiger partial charge >= 0.3 is 6.03 Å². The quantitative estimate of drug-likeness (QED) is 0.602. The first-order chi connectivity index (χ1) is 13.2. The molecule has 0 atom stereocenters. The molecule has 0 bridgehead atoms. The average molecular weight is 363 g/mol. The minimum Gasteiger partial charge on any atom is -0.467 e. The van der Waals surface area contributed by atoms with E-state index >= 15 is 0 Å². The molecule has 2 aromatic carbocycles. The maximum absolute atomic E-state index is 12.1. The van der Waals surface area contributed by atoms with Crippen LogP contribution >= 0.6 is 0 Å². The third-order valence-electron chi connectivity index (χ3n) is 3.95. The predicted molar refractivity (Wildman–Crippen MR) is 103 cm³/mol. The summed E-state index contributed by atoms with van der Waals surface area (Å²) in [6.45, 7) is 0.169. The summed E-state index contributed by atoms with van der Waals surface area (Å²) in [7, 11) is 0. The Morgan fingerprint density at radius 1 is 0.852 bits per heavy atom. The summed E-state index contributed by atoms with van der Waals surface area (Å²) in [6, 6.07) is 20.7. The number of anilines is 1. The number of hydrogen-bond acceptors (Lipinski definition) is 3. The van der Waals surface area contributed by atoms with Crippen LogP contribution in [0.15, 0.2) is 77.4 Å². The van der Waals surface area contributed by atoms with Crippen molar-refractivity contribution in [2.45, 2.75) is 13.0 Å². The SMILES string of the molecule is O=C(CNC(=O)Nc1ccccc1Cc1ccccc1)NCc1ccco1. The molecule has 0 aliphatic heterocycles. The minimum atomic E-state index is -0.427. The van der Waals surface area contributed by atoms with Gasteiger partial charge in [0.2, 0.25) is 5.91 Å². The van der Waals surface area contributed by atoms with E-state index in [0.29, 0.717) is 12.2 Å². The lowest BCUT2D eigenvalue weighted by Gasteiger charge is -2.12. The molecule has 3 amide bonds. The van der Waals surface area contributed by atoms with Crippen LogP contribution in [-0.2, 0) is 17.8 Å². The van der Waals surface area contributed by atoms with Gasteiger partial charge in [-0.1, -0.05) is 48.5 Å². The lowest BCUT2D eigenvalue weighted by atomic mass is 10.0. The number of hydrogen-bond donors (Lipinski definition) is 3. The van der Waals surface area contributed by atoms with Crippen molar-refractivity contribution in [3.8, 4) is 0 Å². The molecular formula is C21H21N3O3. The zero-order valence-electron chi connectivity index (χ0n) is 14.8. The van der Waals surface area contributed by atoms with E-state index in [4.69, 9.17) is 4.42 Å². The number of furan rings is 1.